The van der Waals surface area contributed by atoms with Crippen LogP contribution in [0.4, 0.5) is 0 Å². The number of ether oxygens (including phenoxy) is 1. The van der Waals surface area contributed by atoms with E-state index in [4.69, 9.17) is 4.74 Å². The van der Waals surface area contributed by atoms with E-state index in [2.05, 4.69) is 11.8 Å². The Hall–Kier alpha value is -0.410. The minimum atomic E-state index is -0.472. The molecule has 0 aromatic heterocycles. The van der Waals surface area contributed by atoms with E-state index in [0.717, 1.165) is 32.5 Å². The Morgan fingerprint density at radius 1 is 1.36 bits per heavy atom. The molecule has 1 rings (SSSR count). The van der Waals surface area contributed by atoms with Crippen molar-refractivity contribution in [2.75, 3.05) is 26.7 Å². The minimum absolute atomic E-state index is 0.260. The van der Waals surface area contributed by atoms with Crippen LogP contribution in [0.15, 0.2) is 0 Å². The van der Waals surface area contributed by atoms with Crippen LogP contribution in [-0.2, 0) is 9.53 Å². The summed E-state index contributed by atoms with van der Waals surface area (Å²) in [6.45, 7) is 7.10. The fourth-order valence-corrected chi connectivity index (χ4v) is 2.15. The van der Waals surface area contributed by atoms with Gasteiger partial charge in [0, 0.05) is 26.6 Å². The summed E-state index contributed by atoms with van der Waals surface area (Å²) in [6, 6.07) is 0. The van der Waals surface area contributed by atoms with Crippen molar-refractivity contribution < 1.29 is 9.53 Å². The average Bonchev–Trinajstić information content (AvgIpc) is 2.28. The molecule has 0 saturated carbocycles. The highest BCUT2D eigenvalue weighted by atomic mass is 16.5. The summed E-state index contributed by atoms with van der Waals surface area (Å²) < 4.78 is 5.45. The van der Waals surface area contributed by atoms with Gasteiger partial charge in [-0.1, -0.05) is 13.8 Å². The third-order valence-electron chi connectivity index (χ3n) is 3.33. The molecule has 0 aromatic carbocycles. The van der Waals surface area contributed by atoms with Crippen LogP contribution >= 0.6 is 0 Å². The van der Waals surface area contributed by atoms with Gasteiger partial charge in [0.25, 0.3) is 0 Å². The Kier molecular flexibility index (Phi) is 4.08. The summed E-state index contributed by atoms with van der Waals surface area (Å²) in [5, 5.41) is 0. The largest absolute Gasteiger partial charge is 0.370 e. The van der Waals surface area contributed by atoms with Gasteiger partial charge in [0.15, 0.2) is 5.78 Å². The van der Waals surface area contributed by atoms with Crippen molar-refractivity contribution >= 4 is 5.78 Å². The van der Waals surface area contributed by atoms with E-state index in [0.29, 0.717) is 6.42 Å². The number of hydrogen-bond donors (Lipinski definition) is 0. The predicted octanol–water partition coefficient (Wildman–Crippen LogP) is 1.47. The molecule has 0 spiro atoms. The molecule has 82 valence electrons. The number of rotatable bonds is 4. The number of Topliss-reactive ketones (excluding diaryl/α,β-unsaturated/α-hetero) is 1. The van der Waals surface area contributed by atoms with E-state index in [1.165, 1.54) is 0 Å². The molecule has 1 fully saturated rings. The molecule has 0 bridgehead atoms. The van der Waals surface area contributed by atoms with Gasteiger partial charge in [-0.25, -0.2) is 0 Å². The SMILES string of the molecule is CCC(=O)C1(OC)CCN(CC)CC1. The van der Waals surface area contributed by atoms with Crippen LogP contribution in [0, 0.1) is 0 Å². The first-order chi connectivity index (χ1) is 6.68. The molecular formula is C11H21NO2. The van der Waals surface area contributed by atoms with E-state index in [9.17, 15) is 4.79 Å². The van der Waals surface area contributed by atoms with E-state index in [-0.39, 0.29) is 5.78 Å². The molecule has 0 radical (unpaired) electrons. The average molecular weight is 199 g/mol. The fourth-order valence-electron chi connectivity index (χ4n) is 2.15. The van der Waals surface area contributed by atoms with Crippen LogP contribution in [0.2, 0.25) is 0 Å². The van der Waals surface area contributed by atoms with Crippen molar-refractivity contribution in [2.45, 2.75) is 38.7 Å². The highest BCUT2D eigenvalue weighted by molar-refractivity contribution is 5.87. The molecular weight excluding hydrogens is 178 g/mol. The zero-order valence-electron chi connectivity index (χ0n) is 9.51. The monoisotopic (exact) mass is 199 g/mol. The van der Waals surface area contributed by atoms with Gasteiger partial charge >= 0.3 is 0 Å². The summed E-state index contributed by atoms with van der Waals surface area (Å²) in [7, 11) is 1.66. The topological polar surface area (TPSA) is 29.5 Å². The maximum Gasteiger partial charge on any atom is 0.164 e. The standard InChI is InChI=1S/C11H21NO2/c1-4-10(13)11(14-3)6-8-12(5-2)9-7-11/h4-9H2,1-3H3. The highest BCUT2D eigenvalue weighted by Crippen LogP contribution is 2.27. The number of ketones is 1. The molecule has 1 aliphatic heterocycles. The van der Waals surface area contributed by atoms with Crippen LogP contribution in [0.25, 0.3) is 0 Å². The van der Waals surface area contributed by atoms with E-state index in [1.807, 2.05) is 6.92 Å². The molecule has 3 heteroatoms. The quantitative estimate of drug-likeness (QED) is 0.686. The number of hydrogen-bond acceptors (Lipinski definition) is 3. The van der Waals surface area contributed by atoms with Gasteiger partial charge in [0.2, 0.25) is 0 Å². The number of carbonyl (C=O) groups excluding carboxylic acids is 1. The van der Waals surface area contributed by atoms with Gasteiger partial charge in [-0.2, -0.15) is 0 Å². The molecule has 0 aliphatic carbocycles. The van der Waals surface area contributed by atoms with Crippen molar-refractivity contribution in [1.82, 2.24) is 4.90 Å². The first kappa shape index (κ1) is 11.7. The second-order valence-corrected chi connectivity index (χ2v) is 3.91. The van der Waals surface area contributed by atoms with Crippen molar-refractivity contribution in [3.8, 4) is 0 Å². The second-order valence-electron chi connectivity index (χ2n) is 3.91. The van der Waals surface area contributed by atoms with E-state index >= 15 is 0 Å². The summed E-state index contributed by atoms with van der Waals surface area (Å²) in [6.07, 6.45) is 2.29. The number of nitrogens with zero attached hydrogens (tertiary/aromatic N) is 1. The first-order valence-corrected chi connectivity index (χ1v) is 5.49. The third kappa shape index (κ3) is 2.15. The summed E-state index contributed by atoms with van der Waals surface area (Å²) >= 11 is 0. The Morgan fingerprint density at radius 3 is 2.29 bits per heavy atom. The maximum atomic E-state index is 11.8. The van der Waals surface area contributed by atoms with Gasteiger partial charge in [-0.3, -0.25) is 4.79 Å². The minimum Gasteiger partial charge on any atom is -0.370 e. The summed E-state index contributed by atoms with van der Waals surface area (Å²) in [4.78, 5) is 14.1. The molecule has 0 unspecified atom stereocenters. The molecule has 3 nitrogen and oxygen atoms in total. The van der Waals surface area contributed by atoms with Gasteiger partial charge in [0.05, 0.1) is 0 Å². The van der Waals surface area contributed by atoms with Crippen LogP contribution in [0.3, 0.4) is 0 Å². The number of carbonyl (C=O) groups is 1. The molecule has 1 saturated heterocycles. The summed E-state index contributed by atoms with van der Waals surface area (Å²) in [5.41, 5.74) is -0.472. The molecule has 0 aromatic rings. The normalized spacial score (nSPS) is 22.2. The smallest absolute Gasteiger partial charge is 0.164 e. The third-order valence-corrected chi connectivity index (χ3v) is 3.33. The van der Waals surface area contributed by atoms with E-state index < -0.39 is 5.60 Å². The lowest BCUT2D eigenvalue weighted by Gasteiger charge is -2.39. The van der Waals surface area contributed by atoms with Crippen LogP contribution in [0.5, 0.6) is 0 Å². The predicted molar refractivity (Wildman–Crippen MR) is 56.4 cm³/mol. The second kappa shape index (κ2) is 4.89. The Labute approximate surface area is 86.4 Å². The molecule has 0 atom stereocenters. The number of methoxy groups -OCH3 is 1. The lowest BCUT2D eigenvalue weighted by molar-refractivity contribution is -0.146. The van der Waals surface area contributed by atoms with Gasteiger partial charge in [-0.15, -0.1) is 0 Å². The van der Waals surface area contributed by atoms with Crippen molar-refractivity contribution in [1.29, 1.82) is 0 Å². The van der Waals surface area contributed by atoms with Crippen LogP contribution in [-0.4, -0.2) is 43.0 Å². The maximum absolute atomic E-state index is 11.8. The van der Waals surface area contributed by atoms with Crippen molar-refractivity contribution in [2.24, 2.45) is 0 Å². The number of piperidine rings is 1. The lowest BCUT2D eigenvalue weighted by atomic mass is 9.86. The van der Waals surface area contributed by atoms with Crippen molar-refractivity contribution in [3.05, 3.63) is 0 Å². The van der Waals surface area contributed by atoms with Gasteiger partial charge in [0.1, 0.15) is 5.60 Å². The van der Waals surface area contributed by atoms with Gasteiger partial charge in [-0.05, 0) is 19.4 Å². The molecule has 0 N–H and O–H groups in total. The molecule has 14 heavy (non-hydrogen) atoms. The first-order valence-electron chi connectivity index (χ1n) is 5.49. The molecule has 1 heterocycles. The fraction of sp³-hybridized carbons (Fsp3) is 0.909. The zero-order valence-corrected chi connectivity index (χ0v) is 9.51. The van der Waals surface area contributed by atoms with Crippen LogP contribution in [0.1, 0.15) is 33.1 Å². The van der Waals surface area contributed by atoms with E-state index in [1.54, 1.807) is 7.11 Å². The van der Waals surface area contributed by atoms with Crippen LogP contribution < -0.4 is 0 Å². The van der Waals surface area contributed by atoms with Crippen molar-refractivity contribution in [3.63, 3.8) is 0 Å². The Bertz CT molecular complexity index is 195. The Balaban J connectivity index is 2.61. The molecule has 0 amide bonds. The lowest BCUT2D eigenvalue weighted by Crippen LogP contribution is -2.50. The van der Waals surface area contributed by atoms with Gasteiger partial charge < -0.3 is 9.64 Å². The summed E-state index contributed by atoms with van der Waals surface area (Å²) in [5.74, 6) is 0.260. The molecule has 1 aliphatic rings. The highest BCUT2D eigenvalue weighted by Gasteiger charge is 2.39. The number of likely N-dealkylation sites (tertiary alicyclic amines) is 1. The Morgan fingerprint density at radius 2 is 1.93 bits per heavy atom. The zero-order chi connectivity index (χ0) is 10.6.